The first-order valence-corrected chi connectivity index (χ1v) is 7.68. The van der Waals surface area contributed by atoms with Crippen LogP contribution in [0.4, 0.5) is 30.4 Å². The van der Waals surface area contributed by atoms with Gasteiger partial charge in [0.15, 0.2) is 17.5 Å². The lowest BCUT2D eigenvalue weighted by atomic mass is 10.2. The lowest BCUT2D eigenvalue weighted by molar-refractivity contribution is 0.102. The van der Waals surface area contributed by atoms with E-state index in [0.717, 1.165) is 17.7 Å². The molecule has 0 unspecified atom stereocenters. The Hall–Kier alpha value is -3.35. The van der Waals surface area contributed by atoms with Crippen molar-refractivity contribution < 1.29 is 18.0 Å². The summed E-state index contributed by atoms with van der Waals surface area (Å²) in [5, 5.41) is 5.26. The van der Waals surface area contributed by atoms with Gasteiger partial charge in [0.1, 0.15) is 5.82 Å². The van der Waals surface area contributed by atoms with Gasteiger partial charge in [-0.25, -0.2) is 18.2 Å². The van der Waals surface area contributed by atoms with Crippen LogP contribution in [0.25, 0.3) is 0 Å². The molecule has 3 rings (SSSR count). The Labute approximate surface area is 147 Å². The van der Waals surface area contributed by atoms with Crippen LogP contribution in [0.2, 0.25) is 0 Å². The minimum atomic E-state index is -1.58. The third-order valence-corrected chi connectivity index (χ3v) is 3.63. The highest BCUT2D eigenvalue weighted by Crippen LogP contribution is 2.23. The number of pyridine rings is 1. The molecule has 0 spiro atoms. The van der Waals surface area contributed by atoms with Gasteiger partial charge in [0, 0.05) is 17.4 Å². The van der Waals surface area contributed by atoms with Crippen LogP contribution in [-0.4, -0.2) is 10.9 Å². The monoisotopic (exact) mass is 357 g/mol. The summed E-state index contributed by atoms with van der Waals surface area (Å²) < 4.78 is 40.0. The van der Waals surface area contributed by atoms with Gasteiger partial charge in [-0.1, -0.05) is 17.7 Å². The lowest BCUT2D eigenvalue weighted by Crippen LogP contribution is -2.12. The van der Waals surface area contributed by atoms with Gasteiger partial charge in [-0.05, 0) is 43.3 Å². The van der Waals surface area contributed by atoms with Gasteiger partial charge in [-0.3, -0.25) is 4.79 Å². The second kappa shape index (κ2) is 7.26. The van der Waals surface area contributed by atoms with Crippen molar-refractivity contribution in [1.82, 2.24) is 4.98 Å². The van der Waals surface area contributed by atoms with E-state index in [-0.39, 0.29) is 23.0 Å². The number of nitrogens with zero attached hydrogens (tertiary/aromatic N) is 1. The third-order valence-electron chi connectivity index (χ3n) is 3.63. The minimum absolute atomic E-state index is 0.117. The zero-order chi connectivity index (χ0) is 18.7. The number of carbonyl (C=O) groups is 1. The standard InChI is InChI=1S/C19H14F3N3O/c1-11-2-4-13(5-3-11)24-19(26)12-8-9-23-16(10-12)25-15-7-6-14(20)17(21)18(15)22/h2-10H,1H3,(H,23,25)(H,24,26). The molecule has 3 aromatic rings. The summed E-state index contributed by atoms with van der Waals surface area (Å²) in [5.41, 5.74) is 1.67. The quantitative estimate of drug-likeness (QED) is 0.659. The number of benzene rings is 2. The van der Waals surface area contributed by atoms with Crippen LogP contribution in [0, 0.1) is 24.4 Å². The fourth-order valence-electron chi connectivity index (χ4n) is 2.24. The van der Waals surface area contributed by atoms with E-state index < -0.39 is 17.5 Å². The molecule has 0 fully saturated rings. The molecule has 0 aliphatic rings. The largest absolute Gasteiger partial charge is 0.338 e. The summed E-state index contributed by atoms with van der Waals surface area (Å²) in [6.45, 7) is 1.93. The predicted molar refractivity (Wildman–Crippen MR) is 93.0 cm³/mol. The fourth-order valence-corrected chi connectivity index (χ4v) is 2.24. The first-order valence-electron chi connectivity index (χ1n) is 7.68. The Morgan fingerprint density at radius 2 is 1.69 bits per heavy atom. The zero-order valence-electron chi connectivity index (χ0n) is 13.7. The molecule has 0 radical (unpaired) electrons. The SMILES string of the molecule is Cc1ccc(NC(=O)c2ccnc(Nc3ccc(F)c(F)c3F)c2)cc1. The molecule has 1 aromatic heterocycles. The van der Waals surface area contributed by atoms with E-state index in [0.29, 0.717) is 5.69 Å². The second-order valence-corrected chi connectivity index (χ2v) is 5.60. The Bertz CT molecular complexity index is 959. The number of amides is 1. The molecule has 132 valence electrons. The van der Waals surface area contributed by atoms with Crippen LogP contribution in [0.3, 0.4) is 0 Å². The lowest BCUT2D eigenvalue weighted by Gasteiger charge is -2.10. The number of hydrogen-bond donors (Lipinski definition) is 2. The van der Waals surface area contributed by atoms with Crippen molar-refractivity contribution in [3.8, 4) is 0 Å². The smallest absolute Gasteiger partial charge is 0.255 e. The highest BCUT2D eigenvalue weighted by molar-refractivity contribution is 6.04. The maximum atomic E-state index is 13.7. The van der Waals surface area contributed by atoms with E-state index in [1.165, 1.54) is 18.3 Å². The van der Waals surface area contributed by atoms with Crippen molar-refractivity contribution in [2.45, 2.75) is 6.92 Å². The van der Waals surface area contributed by atoms with Crippen LogP contribution in [0.1, 0.15) is 15.9 Å². The molecule has 1 heterocycles. The molecule has 26 heavy (non-hydrogen) atoms. The van der Waals surface area contributed by atoms with Crippen molar-refractivity contribution >= 4 is 23.1 Å². The van der Waals surface area contributed by atoms with E-state index in [1.54, 1.807) is 12.1 Å². The Balaban J connectivity index is 1.79. The first kappa shape index (κ1) is 17.5. The Kier molecular flexibility index (Phi) is 4.88. The zero-order valence-corrected chi connectivity index (χ0v) is 13.7. The van der Waals surface area contributed by atoms with Crippen LogP contribution in [0.5, 0.6) is 0 Å². The van der Waals surface area contributed by atoms with Crippen LogP contribution < -0.4 is 10.6 Å². The van der Waals surface area contributed by atoms with E-state index in [2.05, 4.69) is 15.6 Å². The number of hydrogen-bond acceptors (Lipinski definition) is 3. The number of carbonyl (C=O) groups excluding carboxylic acids is 1. The van der Waals surface area contributed by atoms with Crippen molar-refractivity contribution in [3.63, 3.8) is 0 Å². The average Bonchev–Trinajstić information content (AvgIpc) is 2.64. The topological polar surface area (TPSA) is 54.0 Å². The number of halogens is 3. The molecule has 0 saturated carbocycles. The molecule has 2 N–H and O–H groups in total. The van der Waals surface area contributed by atoms with Crippen LogP contribution in [0.15, 0.2) is 54.7 Å². The second-order valence-electron chi connectivity index (χ2n) is 5.60. The number of aryl methyl sites for hydroxylation is 1. The normalized spacial score (nSPS) is 10.5. The average molecular weight is 357 g/mol. The summed E-state index contributed by atoms with van der Waals surface area (Å²) in [7, 11) is 0. The molecule has 0 atom stereocenters. The minimum Gasteiger partial charge on any atom is -0.338 e. The van der Waals surface area contributed by atoms with Crippen molar-refractivity contribution in [2.24, 2.45) is 0 Å². The Morgan fingerprint density at radius 1 is 0.962 bits per heavy atom. The molecule has 7 heteroatoms. The van der Waals surface area contributed by atoms with Gasteiger partial charge in [0.25, 0.3) is 5.91 Å². The molecule has 0 aliphatic carbocycles. The molecule has 0 aliphatic heterocycles. The molecule has 2 aromatic carbocycles. The number of aromatic nitrogens is 1. The fraction of sp³-hybridized carbons (Fsp3) is 0.0526. The number of nitrogens with one attached hydrogen (secondary N) is 2. The number of anilines is 3. The van der Waals surface area contributed by atoms with Gasteiger partial charge in [0.2, 0.25) is 0 Å². The molecule has 0 bridgehead atoms. The summed E-state index contributed by atoms with van der Waals surface area (Å²) >= 11 is 0. The molecular formula is C19H14F3N3O. The van der Waals surface area contributed by atoms with Gasteiger partial charge >= 0.3 is 0 Å². The van der Waals surface area contributed by atoms with Gasteiger partial charge < -0.3 is 10.6 Å². The van der Waals surface area contributed by atoms with Crippen molar-refractivity contribution in [3.05, 3.63) is 83.3 Å². The molecule has 4 nitrogen and oxygen atoms in total. The Morgan fingerprint density at radius 3 is 2.42 bits per heavy atom. The predicted octanol–water partition coefficient (Wildman–Crippen LogP) is 4.80. The maximum absolute atomic E-state index is 13.7. The van der Waals surface area contributed by atoms with Crippen molar-refractivity contribution in [2.75, 3.05) is 10.6 Å². The van der Waals surface area contributed by atoms with Gasteiger partial charge in [-0.2, -0.15) is 0 Å². The summed E-state index contributed by atoms with van der Waals surface area (Å²) in [6.07, 6.45) is 1.35. The molecule has 0 saturated heterocycles. The third kappa shape index (κ3) is 3.83. The van der Waals surface area contributed by atoms with E-state index in [9.17, 15) is 18.0 Å². The van der Waals surface area contributed by atoms with Crippen LogP contribution >= 0.6 is 0 Å². The maximum Gasteiger partial charge on any atom is 0.255 e. The summed E-state index contributed by atoms with van der Waals surface area (Å²) in [6, 6.07) is 12.0. The molecular weight excluding hydrogens is 343 g/mol. The van der Waals surface area contributed by atoms with E-state index >= 15 is 0 Å². The van der Waals surface area contributed by atoms with Crippen molar-refractivity contribution in [1.29, 1.82) is 0 Å². The highest BCUT2D eigenvalue weighted by Gasteiger charge is 2.14. The summed E-state index contributed by atoms with van der Waals surface area (Å²) in [5.74, 6) is -4.49. The highest BCUT2D eigenvalue weighted by atomic mass is 19.2. The van der Waals surface area contributed by atoms with Crippen LogP contribution in [-0.2, 0) is 0 Å². The number of rotatable bonds is 4. The molecule has 1 amide bonds. The summed E-state index contributed by atoms with van der Waals surface area (Å²) in [4.78, 5) is 16.3. The van der Waals surface area contributed by atoms with Gasteiger partial charge in [0.05, 0.1) is 5.69 Å². The van der Waals surface area contributed by atoms with E-state index in [1.807, 2.05) is 19.1 Å². The first-order chi connectivity index (χ1) is 12.4. The van der Waals surface area contributed by atoms with E-state index in [4.69, 9.17) is 0 Å². The van der Waals surface area contributed by atoms with Gasteiger partial charge in [-0.15, -0.1) is 0 Å².